The van der Waals surface area contributed by atoms with Gasteiger partial charge in [-0.25, -0.2) is 10.8 Å². The molecule has 1 aromatic carbocycles. The number of imide groups is 1. The van der Waals surface area contributed by atoms with Crippen molar-refractivity contribution in [3.8, 4) is 5.75 Å². The molecule has 47 heavy (non-hydrogen) atoms. The van der Waals surface area contributed by atoms with E-state index in [4.69, 9.17) is 22.0 Å². The quantitative estimate of drug-likeness (QED) is 0.0769. The number of aromatic nitrogens is 3. The topological polar surface area (TPSA) is 177 Å². The first kappa shape index (κ1) is 33.7. The number of nitrogens with one attached hydrogen (secondary N) is 1. The molecule has 1 saturated heterocycles. The highest BCUT2D eigenvalue weighted by Crippen LogP contribution is 2.27. The van der Waals surface area contributed by atoms with E-state index in [1.165, 1.54) is 22.7 Å². The van der Waals surface area contributed by atoms with Crippen molar-refractivity contribution >= 4 is 34.6 Å². The number of piperazine rings is 1. The normalized spacial score (nSPS) is 16.1. The van der Waals surface area contributed by atoms with Gasteiger partial charge in [0.1, 0.15) is 11.3 Å². The zero-order valence-corrected chi connectivity index (χ0v) is 27.4. The van der Waals surface area contributed by atoms with Gasteiger partial charge in [-0.2, -0.15) is 4.98 Å². The van der Waals surface area contributed by atoms with Gasteiger partial charge in [-0.3, -0.25) is 24.3 Å². The van der Waals surface area contributed by atoms with Crippen LogP contribution in [0, 0.1) is 0 Å². The van der Waals surface area contributed by atoms with Gasteiger partial charge in [-0.15, -0.1) is 0 Å². The second kappa shape index (κ2) is 15.8. The van der Waals surface area contributed by atoms with Crippen LogP contribution in [0.4, 0.5) is 11.8 Å². The first-order valence-corrected chi connectivity index (χ1v) is 16.2. The van der Waals surface area contributed by atoms with Crippen molar-refractivity contribution in [3.05, 3.63) is 65.6 Å². The van der Waals surface area contributed by atoms with Gasteiger partial charge >= 0.3 is 0 Å². The standard InChI is InChI=1S/C33H47N11O3/c1-3-4-5-11-37-32-31-27(38-33(35)39-32)10-12-42(31)21-25-7-6-24(19-28(25)47-2)20-41-15-13-40(14-16-41)17-18-43(36)22-26(34)23-44-29(45)8-9-30(44)46/h6-10,12,19,22H,3-5,11,13-18,20-21,23,34,36H2,1-2H3,(H3,35,37,38,39)/b26-22-. The van der Waals surface area contributed by atoms with Gasteiger partial charge in [0.05, 0.1) is 25.7 Å². The van der Waals surface area contributed by atoms with Crippen LogP contribution in [0.5, 0.6) is 5.75 Å². The molecule has 252 valence electrons. The van der Waals surface area contributed by atoms with E-state index in [0.717, 1.165) is 98.1 Å². The Kier molecular flexibility index (Phi) is 11.3. The van der Waals surface area contributed by atoms with Crippen molar-refractivity contribution in [3.63, 3.8) is 0 Å². The first-order valence-electron chi connectivity index (χ1n) is 16.2. The molecule has 2 amide bonds. The van der Waals surface area contributed by atoms with E-state index in [9.17, 15) is 9.59 Å². The number of benzene rings is 1. The Morgan fingerprint density at radius 2 is 1.79 bits per heavy atom. The molecule has 2 aliphatic heterocycles. The summed E-state index contributed by atoms with van der Waals surface area (Å²) in [4.78, 5) is 38.4. The maximum absolute atomic E-state index is 11.7. The largest absolute Gasteiger partial charge is 0.496 e. The highest BCUT2D eigenvalue weighted by molar-refractivity contribution is 6.13. The maximum Gasteiger partial charge on any atom is 0.253 e. The second-order valence-electron chi connectivity index (χ2n) is 12.0. The molecule has 0 spiro atoms. The van der Waals surface area contributed by atoms with E-state index in [0.29, 0.717) is 18.8 Å². The number of nitrogens with two attached hydrogens (primary N) is 3. The van der Waals surface area contributed by atoms with Crippen LogP contribution in [-0.4, -0.2) is 106 Å². The van der Waals surface area contributed by atoms with Gasteiger partial charge < -0.3 is 31.1 Å². The molecule has 0 radical (unpaired) electrons. The predicted molar refractivity (Wildman–Crippen MR) is 183 cm³/mol. The lowest BCUT2D eigenvalue weighted by atomic mass is 10.1. The van der Waals surface area contributed by atoms with Crippen LogP contribution in [0.1, 0.15) is 37.3 Å². The number of carbonyl (C=O) groups is 2. The molecule has 1 fully saturated rings. The number of nitrogen functional groups attached to an aromatic ring is 1. The molecule has 7 N–H and O–H groups in total. The molecule has 0 unspecified atom stereocenters. The molecule has 4 heterocycles. The van der Waals surface area contributed by atoms with E-state index >= 15 is 0 Å². The number of nitrogens with zero attached hydrogens (tertiary/aromatic N) is 7. The fraction of sp³-hybridized carbons (Fsp3) is 0.455. The fourth-order valence-corrected chi connectivity index (χ4v) is 5.94. The Morgan fingerprint density at radius 1 is 1.04 bits per heavy atom. The maximum atomic E-state index is 11.7. The molecule has 0 aliphatic carbocycles. The van der Waals surface area contributed by atoms with Gasteiger partial charge in [-0.05, 0) is 24.1 Å². The van der Waals surface area contributed by atoms with Crippen LogP contribution in [0.3, 0.4) is 0 Å². The number of carbonyl (C=O) groups excluding carboxylic acids is 2. The van der Waals surface area contributed by atoms with E-state index in [1.807, 2.05) is 12.3 Å². The molecular weight excluding hydrogens is 598 g/mol. The van der Waals surface area contributed by atoms with Gasteiger partial charge in [0.15, 0.2) is 5.82 Å². The van der Waals surface area contributed by atoms with E-state index in [1.54, 1.807) is 13.3 Å². The van der Waals surface area contributed by atoms with Crippen molar-refractivity contribution < 1.29 is 14.3 Å². The van der Waals surface area contributed by atoms with Crippen LogP contribution >= 0.6 is 0 Å². The molecule has 5 rings (SSSR count). The van der Waals surface area contributed by atoms with E-state index < -0.39 is 0 Å². The highest BCUT2D eigenvalue weighted by atomic mass is 16.5. The molecular formula is C33H47N11O3. The molecule has 14 nitrogen and oxygen atoms in total. The number of amides is 2. The van der Waals surface area contributed by atoms with Crippen LogP contribution in [-0.2, 0) is 22.7 Å². The number of hydrazine groups is 1. The second-order valence-corrected chi connectivity index (χ2v) is 12.0. The lowest BCUT2D eigenvalue weighted by Gasteiger charge is -2.35. The van der Waals surface area contributed by atoms with Crippen LogP contribution < -0.4 is 27.4 Å². The third-order valence-electron chi connectivity index (χ3n) is 8.51. The Balaban J connectivity index is 1.12. The van der Waals surface area contributed by atoms with Crippen LogP contribution in [0.25, 0.3) is 11.0 Å². The van der Waals surface area contributed by atoms with Crippen molar-refractivity contribution in [2.24, 2.45) is 11.6 Å². The van der Waals surface area contributed by atoms with Crippen molar-refractivity contribution in [2.75, 3.05) is 70.5 Å². The Morgan fingerprint density at radius 3 is 2.51 bits per heavy atom. The summed E-state index contributed by atoms with van der Waals surface area (Å²) in [5.41, 5.74) is 16.4. The average molecular weight is 646 g/mol. The summed E-state index contributed by atoms with van der Waals surface area (Å²) >= 11 is 0. The zero-order chi connectivity index (χ0) is 33.3. The molecule has 3 aromatic rings. The highest BCUT2D eigenvalue weighted by Gasteiger charge is 2.24. The predicted octanol–water partition coefficient (Wildman–Crippen LogP) is 1.69. The number of hydrogen-bond acceptors (Lipinski definition) is 12. The SMILES string of the molecule is CCCCCNc1nc(N)nc2ccn(Cc3ccc(CN4CCN(CCN(N)/C=C(\N)CN5C(=O)C=CC5=O)CC4)cc3OC)c12. The minimum Gasteiger partial charge on any atom is -0.496 e. The number of rotatable bonds is 16. The third-order valence-corrected chi connectivity index (χ3v) is 8.51. The van der Waals surface area contributed by atoms with E-state index in [-0.39, 0.29) is 24.3 Å². The summed E-state index contributed by atoms with van der Waals surface area (Å²) in [6, 6.07) is 8.43. The number of methoxy groups -OCH3 is 1. The summed E-state index contributed by atoms with van der Waals surface area (Å²) < 4.78 is 7.99. The number of hydrogen-bond donors (Lipinski definition) is 4. The molecule has 0 atom stereocenters. The molecule has 2 aromatic heterocycles. The summed E-state index contributed by atoms with van der Waals surface area (Å²) in [5.74, 6) is 7.26. The minimum atomic E-state index is -0.366. The number of fused-ring (bicyclic) bond motifs is 1. The van der Waals surface area contributed by atoms with Crippen molar-refractivity contribution in [1.29, 1.82) is 0 Å². The zero-order valence-electron chi connectivity index (χ0n) is 27.4. The van der Waals surface area contributed by atoms with E-state index in [2.05, 4.69) is 54.8 Å². The average Bonchev–Trinajstić information content (AvgIpc) is 3.60. The Hall–Kier alpha value is -4.66. The Bertz CT molecular complexity index is 1590. The lowest BCUT2D eigenvalue weighted by molar-refractivity contribution is -0.136. The molecule has 0 bridgehead atoms. The smallest absolute Gasteiger partial charge is 0.253 e. The summed E-state index contributed by atoms with van der Waals surface area (Å²) in [5, 5.41) is 4.98. The first-order chi connectivity index (χ1) is 22.7. The van der Waals surface area contributed by atoms with Crippen LogP contribution in [0.15, 0.2) is 54.5 Å². The fourth-order valence-electron chi connectivity index (χ4n) is 5.94. The number of anilines is 2. The number of ether oxygens (including phenoxy) is 1. The molecule has 2 aliphatic rings. The van der Waals surface area contributed by atoms with Gasteiger partial charge in [0, 0.05) is 88.2 Å². The summed E-state index contributed by atoms with van der Waals surface area (Å²) in [7, 11) is 1.71. The number of unbranched alkanes of at least 4 members (excludes halogenated alkanes) is 2. The molecule has 0 saturated carbocycles. The minimum absolute atomic E-state index is 0.0220. The van der Waals surface area contributed by atoms with Crippen molar-refractivity contribution in [2.45, 2.75) is 39.3 Å². The summed E-state index contributed by atoms with van der Waals surface area (Å²) in [6.07, 6.45) is 9.47. The van der Waals surface area contributed by atoms with Gasteiger partial charge in [0.25, 0.3) is 11.8 Å². The lowest BCUT2D eigenvalue weighted by Crippen LogP contribution is -2.48. The Labute approximate surface area is 275 Å². The molecule has 14 heteroatoms. The van der Waals surface area contributed by atoms with Gasteiger partial charge in [0.2, 0.25) is 5.95 Å². The summed E-state index contributed by atoms with van der Waals surface area (Å²) in [6.45, 7) is 9.57. The monoisotopic (exact) mass is 645 g/mol. The van der Waals surface area contributed by atoms with Crippen molar-refractivity contribution in [1.82, 2.24) is 34.2 Å². The van der Waals surface area contributed by atoms with Crippen LogP contribution in [0.2, 0.25) is 0 Å². The third kappa shape index (κ3) is 8.78. The van der Waals surface area contributed by atoms with Gasteiger partial charge in [-0.1, -0.05) is 31.9 Å².